The largest absolute Gasteiger partial charge is 0.360 e. The molecule has 0 saturated carbocycles. The molecule has 3 heterocycles. The number of nitrogens with zero attached hydrogens (tertiary/aromatic N) is 5. The maximum absolute atomic E-state index is 13.2. The van der Waals surface area contributed by atoms with Gasteiger partial charge in [0.15, 0.2) is 5.82 Å². The fourth-order valence-corrected chi connectivity index (χ4v) is 3.45. The van der Waals surface area contributed by atoms with Gasteiger partial charge in [0, 0.05) is 37.9 Å². The first kappa shape index (κ1) is 17.5. The number of aromatic nitrogens is 3. The zero-order valence-electron chi connectivity index (χ0n) is 14.8. The summed E-state index contributed by atoms with van der Waals surface area (Å²) in [6.07, 6.45) is 1.65. The predicted octanol–water partition coefficient (Wildman–Crippen LogP) is 3.06. The second-order valence-electron chi connectivity index (χ2n) is 6.30. The molecule has 8 heteroatoms. The standard InChI is InChI=1S/C19H18ClN5O2/c1-13-17(18(23-27-13)14-5-2-3-6-15(14)20)19(26)25-11-9-24(10-12-25)16-7-4-8-21-22-16/h2-8H,9-12H2,1H3. The molecule has 3 aromatic rings. The van der Waals surface area contributed by atoms with Crippen molar-refractivity contribution in [3.05, 3.63) is 58.9 Å². The summed E-state index contributed by atoms with van der Waals surface area (Å²) in [5.41, 5.74) is 1.65. The second-order valence-corrected chi connectivity index (χ2v) is 6.71. The molecule has 4 rings (SSSR count). The van der Waals surface area contributed by atoms with Crippen molar-refractivity contribution in [2.75, 3.05) is 31.1 Å². The average Bonchev–Trinajstić information content (AvgIpc) is 3.10. The van der Waals surface area contributed by atoms with Crippen molar-refractivity contribution in [3.63, 3.8) is 0 Å². The molecule has 0 bridgehead atoms. The number of hydrogen-bond acceptors (Lipinski definition) is 6. The highest BCUT2D eigenvalue weighted by molar-refractivity contribution is 6.33. The SMILES string of the molecule is Cc1onc(-c2ccccc2Cl)c1C(=O)N1CCN(c2cccnn2)CC1. The number of benzene rings is 1. The van der Waals surface area contributed by atoms with Crippen LogP contribution in [0.25, 0.3) is 11.3 Å². The van der Waals surface area contributed by atoms with Gasteiger partial charge in [0.2, 0.25) is 0 Å². The monoisotopic (exact) mass is 383 g/mol. The first-order chi connectivity index (χ1) is 13.1. The summed E-state index contributed by atoms with van der Waals surface area (Å²) in [5.74, 6) is 1.22. The van der Waals surface area contributed by atoms with Gasteiger partial charge in [-0.1, -0.05) is 35.0 Å². The maximum atomic E-state index is 13.2. The first-order valence-electron chi connectivity index (χ1n) is 8.68. The van der Waals surface area contributed by atoms with E-state index >= 15 is 0 Å². The smallest absolute Gasteiger partial charge is 0.259 e. The van der Waals surface area contributed by atoms with Crippen molar-refractivity contribution < 1.29 is 9.32 Å². The third-order valence-corrected chi connectivity index (χ3v) is 4.98. The Morgan fingerprint density at radius 3 is 2.59 bits per heavy atom. The van der Waals surface area contributed by atoms with E-state index in [2.05, 4.69) is 20.3 Å². The van der Waals surface area contributed by atoms with Crippen LogP contribution in [0.2, 0.25) is 5.02 Å². The highest BCUT2D eigenvalue weighted by Gasteiger charge is 2.29. The molecule has 1 aliphatic heterocycles. The molecular formula is C19H18ClN5O2. The molecule has 1 aromatic carbocycles. The van der Waals surface area contributed by atoms with Crippen LogP contribution in [0.1, 0.15) is 16.1 Å². The van der Waals surface area contributed by atoms with Crippen LogP contribution in [0.3, 0.4) is 0 Å². The zero-order chi connectivity index (χ0) is 18.8. The normalized spacial score (nSPS) is 14.4. The third kappa shape index (κ3) is 3.38. The van der Waals surface area contributed by atoms with Crippen LogP contribution in [0.5, 0.6) is 0 Å². The second kappa shape index (κ2) is 7.36. The molecule has 7 nitrogen and oxygen atoms in total. The van der Waals surface area contributed by atoms with Gasteiger partial charge in [0.25, 0.3) is 5.91 Å². The lowest BCUT2D eigenvalue weighted by molar-refractivity contribution is 0.0745. The number of hydrogen-bond donors (Lipinski definition) is 0. The molecule has 0 N–H and O–H groups in total. The Hall–Kier alpha value is -2.93. The van der Waals surface area contributed by atoms with Gasteiger partial charge in [0.05, 0.1) is 5.02 Å². The number of amides is 1. The Labute approximate surface area is 161 Å². The lowest BCUT2D eigenvalue weighted by atomic mass is 10.0. The zero-order valence-corrected chi connectivity index (χ0v) is 15.6. The van der Waals surface area contributed by atoms with Crippen molar-refractivity contribution in [3.8, 4) is 11.3 Å². The van der Waals surface area contributed by atoms with Crippen molar-refractivity contribution in [2.24, 2.45) is 0 Å². The fraction of sp³-hybridized carbons (Fsp3) is 0.263. The molecule has 1 amide bonds. The minimum Gasteiger partial charge on any atom is -0.360 e. The van der Waals surface area contributed by atoms with Gasteiger partial charge in [-0.15, -0.1) is 5.10 Å². The van der Waals surface area contributed by atoms with E-state index in [-0.39, 0.29) is 5.91 Å². The van der Waals surface area contributed by atoms with E-state index in [0.29, 0.717) is 53.8 Å². The molecule has 0 atom stereocenters. The molecule has 0 radical (unpaired) electrons. The number of piperazine rings is 1. The lowest BCUT2D eigenvalue weighted by Crippen LogP contribution is -2.49. The third-order valence-electron chi connectivity index (χ3n) is 4.65. The van der Waals surface area contributed by atoms with E-state index in [1.165, 1.54) is 0 Å². The Morgan fingerprint density at radius 2 is 1.89 bits per heavy atom. The topological polar surface area (TPSA) is 75.4 Å². The van der Waals surface area contributed by atoms with Crippen LogP contribution >= 0.6 is 11.6 Å². The highest BCUT2D eigenvalue weighted by Crippen LogP contribution is 2.32. The van der Waals surface area contributed by atoms with E-state index in [1.54, 1.807) is 19.2 Å². The van der Waals surface area contributed by atoms with E-state index < -0.39 is 0 Å². The van der Waals surface area contributed by atoms with Crippen LogP contribution in [0.15, 0.2) is 47.1 Å². The van der Waals surface area contributed by atoms with Gasteiger partial charge >= 0.3 is 0 Å². The number of anilines is 1. The summed E-state index contributed by atoms with van der Waals surface area (Å²) in [7, 11) is 0. The molecular weight excluding hydrogens is 366 g/mol. The molecule has 1 aliphatic rings. The molecule has 138 valence electrons. The van der Waals surface area contributed by atoms with E-state index in [1.807, 2.05) is 35.2 Å². The van der Waals surface area contributed by atoms with Gasteiger partial charge in [0.1, 0.15) is 17.0 Å². The van der Waals surface area contributed by atoms with Crippen molar-refractivity contribution in [1.82, 2.24) is 20.3 Å². The van der Waals surface area contributed by atoms with Crippen molar-refractivity contribution in [1.29, 1.82) is 0 Å². The molecule has 2 aromatic heterocycles. The Bertz CT molecular complexity index is 952. The maximum Gasteiger partial charge on any atom is 0.259 e. The van der Waals surface area contributed by atoms with E-state index in [0.717, 1.165) is 5.82 Å². The number of rotatable bonds is 3. The van der Waals surface area contributed by atoms with Crippen molar-refractivity contribution in [2.45, 2.75) is 6.92 Å². The van der Waals surface area contributed by atoms with Crippen LogP contribution in [0, 0.1) is 6.92 Å². The van der Waals surface area contributed by atoms with Crippen LogP contribution < -0.4 is 4.90 Å². The highest BCUT2D eigenvalue weighted by atomic mass is 35.5. The average molecular weight is 384 g/mol. The van der Waals surface area contributed by atoms with E-state index in [9.17, 15) is 4.79 Å². The first-order valence-corrected chi connectivity index (χ1v) is 9.06. The van der Waals surface area contributed by atoms with Gasteiger partial charge in [-0.25, -0.2) is 0 Å². The van der Waals surface area contributed by atoms with Crippen LogP contribution in [-0.2, 0) is 0 Å². The number of aryl methyl sites for hydroxylation is 1. The predicted molar refractivity (Wildman–Crippen MR) is 102 cm³/mol. The van der Waals surface area contributed by atoms with Gasteiger partial charge < -0.3 is 14.3 Å². The summed E-state index contributed by atoms with van der Waals surface area (Å²) < 4.78 is 5.32. The summed E-state index contributed by atoms with van der Waals surface area (Å²) in [6.45, 7) is 4.30. The Morgan fingerprint density at radius 1 is 1.11 bits per heavy atom. The Balaban J connectivity index is 1.55. The minimum absolute atomic E-state index is 0.0949. The number of halogens is 1. The molecule has 1 saturated heterocycles. The van der Waals surface area contributed by atoms with Gasteiger partial charge in [-0.2, -0.15) is 5.10 Å². The quantitative estimate of drug-likeness (QED) is 0.692. The van der Waals surface area contributed by atoms with Gasteiger partial charge in [-0.05, 0) is 25.1 Å². The Kier molecular flexibility index (Phi) is 4.77. The number of carbonyl (C=O) groups is 1. The van der Waals surface area contributed by atoms with Crippen LogP contribution in [0.4, 0.5) is 5.82 Å². The summed E-state index contributed by atoms with van der Waals surface area (Å²) in [4.78, 5) is 17.1. The molecule has 0 spiro atoms. The summed E-state index contributed by atoms with van der Waals surface area (Å²) >= 11 is 6.29. The molecule has 0 aliphatic carbocycles. The van der Waals surface area contributed by atoms with Crippen LogP contribution in [-0.4, -0.2) is 52.3 Å². The lowest BCUT2D eigenvalue weighted by Gasteiger charge is -2.35. The summed E-state index contributed by atoms with van der Waals surface area (Å²) in [5, 5.41) is 12.7. The summed E-state index contributed by atoms with van der Waals surface area (Å²) in [6, 6.07) is 11.1. The molecule has 0 unspecified atom stereocenters. The van der Waals surface area contributed by atoms with Gasteiger partial charge in [-0.3, -0.25) is 4.79 Å². The minimum atomic E-state index is -0.0949. The fourth-order valence-electron chi connectivity index (χ4n) is 3.22. The van der Waals surface area contributed by atoms with Crippen molar-refractivity contribution >= 4 is 23.3 Å². The molecule has 1 fully saturated rings. The van der Waals surface area contributed by atoms with E-state index in [4.69, 9.17) is 16.1 Å². The molecule has 27 heavy (non-hydrogen) atoms. The number of carbonyl (C=O) groups excluding carboxylic acids is 1.